The highest BCUT2D eigenvalue weighted by Gasteiger charge is 2.26. The fraction of sp³-hybridized carbons (Fsp3) is 0.316. The molecular formula is C19H19F3N4O4S. The first kappa shape index (κ1) is 24.3. The van der Waals surface area contributed by atoms with Crippen LogP contribution in [0.25, 0.3) is 11.1 Å². The Balaban J connectivity index is 2.05. The topological polar surface area (TPSA) is 132 Å². The number of carbonyl (C=O) groups excluding carboxylic acids is 1. The molecular weight excluding hydrogens is 437 g/mol. The summed E-state index contributed by atoms with van der Waals surface area (Å²) < 4.78 is 63.0. The molecule has 0 aliphatic carbocycles. The van der Waals surface area contributed by atoms with Crippen molar-refractivity contribution in [2.24, 2.45) is 0 Å². The molecule has 1 amide bonds. The number of benzene rings is 1. The number of hydrogen-bond donors (Lipinski definition) is 3. The summed E-state index contributed by atoms with van der Waals surface area (Å²) in [6.07, 6.45) is -3.35. The van der Waals surface area contributed by atoms with Gasteiger partial charge < -0.3 is 10.4 Å². The van der Waals surface area contributed by atoms with Crippen LogP contribution in [0, 0.1) is 11.3 Å². The third-order valence-electron chi connectivity index (χ3n) is 4.21. The zero-order chi connectivity index (χ0) is 23.0. The third kappa shape index (κ3) is 7.02. The average molecular weight is 456 g/mol. The van der Waals surface area contributed by atoms with E-state index in [-0.39, 0.29) is 12.1 Å². The first-order valence-corrected chi connectivity index (χ1v) is 10.5. The Labute approximate surface area is 176 Å². The van der Waals surface area contributed by atoms with E-state index >= 15 is 0 Å². The van der Waals surface area contributed by atoms with Gasteiger partial charge in [-0.05, 0) is 17.2 Å². The van der Waals surface area contributed by atoms with Crippen LogP contribution in [0.2, 0.25) is 0 Å². The molecule has 166 valence electrons. The molecule has 31 heavy (non-hydrogen) atoms. The molecule has 0 aliphatic rings. The first-order chi connectivity index (χ1) is 14.7. The van der Waals surface area contributed by atoms with Gasteiger partial charge in [0.05, 0.1) is 24.3 Å². The Bertz CT molecular complexity index is 1030. The summed E-state index contributed by atoms with van der Waals surface area (Å²) in [4.78, 5) is 15.2. The van der Waals surface area contributed by atoms with Gasteiger partial charge in [-0.15, -0.1) is 0 Å². The summed E-state index contributed by atoms with van der Waals surface area (Å²) in [6.45, 7) is -1.31. The highest BCUT2D eigenvalue weighted by molar-refractivity contribution is 7.89. The first-order valence-electron chi connectivity index (χ1n) is 8.89. The van der Waals surface area contributed by atoms with Gasteiger partial charge in [-0.3, -0.25) is 9.78 Å². The predicted molar refractivity (Wildman–Crippen MR) is 105 cm³/mol. The van der Waals surface area contributed by atoms with E-state index in [9.17, 15) is 31.5 Å². The quantitative estimate of drug-likeness (QED) is 0.496. The van der Waals surface area contributed by atoms with Gasteiger partial charge in [-0.25, -0.2) is 17.5 Å². The molecule has 2 unspecified atom stereocenters. The van der Waals surface area contributed by atoms with Crippen molar-refractivity contribution in [3.05, 3.63) is 53.9 Å². The lowest BCUT2D eigenvalue weighted by molar-refractivity contribution is -0.133. The molecule has 2 atom stereocenters. The van der Waals surface area contributed by atoms with Crippen molar-refractivity contribution in [2.75, 3.05) is 12.4 Å². The van der Waals surface area contributed by atoms with Crippen molar-refractivity contribution in [1.29, 1.82) is 5.26 Å². The number of rotatable bonds is 10. The minimum atomic E-state index is -3.70. The van der Waals surface area contributed by atoms with Crippen LogP contribution < -0.4 is 10.0 Å². The summed E-state index contributed by atoms with van der Waals surface area (Å²) in [6, 6.07) is 9.41. The maximum absolute atomic E-state index is 13.1. The molecule has 2 aromatic rings. The predicted octanol–water partition coefficient (Wildman–Crippen LogP) is 1.44. The lowest BCUT2D eigenvalue weighted by Crippen LogP contribution is -2.43. The highest BCUT2D eigenvalue weighted by atomic mass is 32.2. The second kappa shape index (κ2) is 10.9. The van der Waals surface area contributed by atoms with E-state index in [1.54, 1.807) is 35.7 Å². The SMILES string of the molecule is N#CCS(=O)(=O)NCc1ccc(-c2ccc(C(O)C(CF)NC(=O)C(F)F)cc2)cn1. The molecule has 2 rings (SSSR count). The normalized spacial score (nSPS) is 13.4. The molecule has 3 N–H and O–H groups in total. The highest BCUT2D eigenvalue weighted by Crippen LogP contribution is 2.23. The monoisotopic (exact) mass is 456 g/mol. The maximum Gasteiger partial charge on any atom is 0.315 e. The molecule has 8 nitrogen and oxygen atoms in total. The average Bonchev–Trinajstić information content (AvgIpc) is 2.76. The van der Waals surface area contributed by atoms with Gasteiger partial charge in [0.25, 0.3) is 5.91 Å². The standard InChI is InChI=1S/C19H19F3N4O4S/c20-9-16(26-19(28)18(21)22)17(27)13-3-1-12(2-4-13)14-5-6-15(24-10-14)11-25-31(29,30)8-7-23/h1-6,10,16-18,25,27H,8-9,11H2,(H,26,28). The van der Waals surface area contributed by atoms with Crippen LogP contribution in [0.5, 0.6) is 0 Å². The Morgan fingerprint density at radius 2 is 1.81 bits per heavy atom. The Hall–Kier alpha value is -3.01. The van der Waals surface area contributed by atoms with Crippen molar-refractivity contribution in [1.82, 2.24) is 15.0 Å². The second-order valence-electron chi connectivity index (χ2n) is 6.41. The number of pyridine rings is 1. The molecule has 1 aromatic carbocycles. The van der Waals surface area contributed by atoms with E-state index in [0.29, 0.717) is 16.8 Å². The van der Waals surface area contributed by atoms with Crippen LogP contribution in [-0.4, -0.2) is 49.3 Å². The van der Waals surface area contributed by atoms with E-state index in [1.165, 1.54) is 18.3 Å². The zero-order valence-corrected chi connectivity index (χ0v) is 16.8. The van der Waals surface area contributed by atoms with E-state index < -0.39 is 46.9 Å². The summed E-state index contributed by atoms with van der Waals surface area (Å²) in [5, 5.41) is 20.4. The largest absolute Gasteiger partial charge is 0.386 e. The minimum absolute atomic E-state index is 0.0790. The number of hydrogen-bond acceptors (Lipinski definition) is 6. The van der Waals surface area contributed by atoms with Gasteiger partial charge in [0.15, 0.2) is 5.75 Å². The van der Waals surface area contributed by atoms with Crippen molar-refractivity contribution >= 4 is 15.9 Å². The molecule has 0 bridgehead atoms. The number of alkyl halides is 3. The zero-order valence-electron chi connectivity index (χ0n) is 16.0. The lowest BCUT2D eigenvalue weighted by Gasteiger charge is -2.22. The summed E-state index contributed by atoms with van der Waals surface area (Å²) in [7, 11) is -3.70. The van der Waals surface area contributed by atoms with Crippen LogP contribution in [0.15, 0.2) is 42.6 Å². The van der Waals surface area contributed by atoms with Crippen molar-refractivity contribution in [3.8, 4) is 17.2 Å². The Morgan fingerprint density at radius 1 is 1.16 bits per heavy atom. The number of aliphatic hydroxyl groups is 1. The third-order valence-corrected chi connectivity index (χ3v) is 5.30. The molecule has 0 aliphatic heterocycles. The number of nitriles is 1. The molecule has 0 saturated heterocycles. The number of amides is 1. The fourth-order valence-corrected chi connectivity index (χ4v) is 3.21. The van der Waals surface area contributed by atoms with Crippen molar-refractivity contribution < 1.29 is 31.5 Å². The smallest absolute Gasteiger partial charge is 0.315 e. The van der Waals surface area contributed by atoms with Gasteiger partial charge in [-0.1, -0.05) is 30.3 Å². The van der Waals surface area contributed by atoms with E-state index in [2.05, 4.69) is 9.71 Å². The molecule has 0 fully saturated rings. The Kier molecular flexibility index (Phi) is 8.49. The van der Waals surface area contributed by atoms with Crippen LogP contribution in [-0.2, 0) is 21.4 Å². The number of aliphatic hydroxyl groups excluding tert-OH is 1. The molecule has 12 heteroatoms. The number of carbonyl (C=O) groups is 1. The molecule has 0 spiro atoms. The Morgan fingerprint density at radius 3 is 2.32 bits per heavy atom. The molecule has 0 radical (unpaired) electrons. The summed E-state index contributed by atoms with van der Waals surface area (Å²) in [5.74, 6) is -2.32. The van der Waals surface area contributed by atoms with Gasteiger partial charge in [-0.2, -0.15) is 14.0 Å². The number of nitrogens with one attached hydrogen (secondary N) is 2. The van der Waals surface area contributed by atoms with Gasteiger partial charge in [0.1, 0.15) is 12.8 Å². The number of nitrogens with zero attached hydrogens (tertiary/aromatic N) is 2. The minimum Gasteiger partial charge on any atom is -0.386 e. The van der Waals surface area contributed by atoms with E-state index in [1.807, 2.05) is 0 Å². The van der Waals surface area contributed by atoms with Gasteiger partial charge >= 0.3 is 6.43 Å². The van der Waals surface area contributed by atoms with Crippen LogP contribution in [0.3, 0.4) is 0 Å². The van der Waals surface area contributed by atoms with Crippen molar-refractivity contribution in [3.63, 3.8) is 0 Å². The van der Waals surface area contributed by atoms with Crippen LogP contribution >= 0.6 is 0 Å². The number of sulfonamides is 1. The number of halogens is 3. The van der Waals surface area contributed by atoms with E-state index in [4.69, 9.17) is 5.26 Å². The number of aromatic nitrogens is 1. The van der Waals surface area contributed by atoms with Gasteiger partial charge in [0.2, 0.25) is 10.0 Å². The van der Waals surface area contributed by atoms with Gasteiger partial charge in [0, 0.05) is 11.8 Å². The molecule has 1 heterocycles. The fourth-order valence-electron chi connectivity index (χ4n) is 2.57. The maximum atomic E-state index is 13.1. The van der Waals surface area contributed by atoms with Crippen LogP contribution in [0.1, 0.15) is 17.4 Å². The summed E-state index contributed by atoms with van der Waals surface area (Å²) >= 11 is 0. The summed E-state index contributed by atoms with van der Waals surface area (Å²) in [5.41, 5.74) is 1.99. The van der Waals surface area contributed by atoms with Crippen molar-refractivity contribution in [2.45, 2.75) is 25.1 Å². The van der Waals surface area contributed by atoms with E-state index in [0.717, 1.165) is 0 Å². The molecule has 0 saturated carbocycles. The molecule has 1 aromatic heterocycles. The van der Waals surface area contributed by atoms with Crippen LogP contribution in [0.4, 0.5) is 13.2 Å². The lowest BCUT2D eigenvalue weighted by atomic mass is 9.99. The second-order valence-corrected chi connectivity index (χ2v) is 8.22.